The summed E-state index contributed by atoms with van der Waals surface area (Å²) < 4.78 is 13.5. The summed E-state index contributed by atoms with van der Waals surface area (Å²) in [5.74, 6) is -0.894. The van der Waals surface area contributed by atoms with Crippen LogP contribution >= 0.6 is 0 Å². The molecule has 0 spiro atoms. The largest absolute Gasteiger partial charge is 0.399 e. The van der Waals surface area contributed by atoms with Crippen molar-refractivity contribution < 1.29 is 9.18 Å². The number of amides is 1. The Balaban J connectivity index is 2.68. The summed E-state index contributed by atoms with van der Waals surface area (Å²) in [5, 5.41) is 2.99. The van der Waals surface area contributed by atoms with Crippen LogP contribution in [0.15, 0.2) is 18.2 Å². The molecule has 0 saturated heterocycles. The van der Waals surface area contributed by atoms with Crippen LogP contribution in [0.4, 0.5) is 10.1 Å². The molecule has 0 aliphatic carbocycles. The predicted octanol–water partition coefficient (Wildman–Crippen LogP) is 1.09. The van der Waals surface area contributed by atoms with Crippen LogP contribution in [0.1, 0.15) is 16.8 Å². The van der Waals surface area contributed by atoms with Crippen LogP contribution in [0.3, 0.4) is 0 Å². The number of benzene rings is 1. The number of nitrogens with one attached hydrogen (secondary N) is 1. The van der Waals surface area contributed by atoms with Gasteiger partial charge in [0.1, 0.15) is 5.82 Å². The lowest BCUT2D eigenvalue weighted by molar-refractivity contribution is 0.0789. The molecule has 94 valence electrons. The molecular weight excluding hydrogens is 221 g/mol. The molecule has 0 bridgehead atoms. The quantitative estimate of drug-likeness (QED) is 0.597. The van der Waals surface area contributed by atoms with Crippen molar-refractivity contribution in [2.45, 2.75) is 6.42 Å². The van der Waals surface area contributed by atoms with Crippen LogP contribution in [0.2, 0.25) is 0 Å². The fourth-order valence-electron chi connectivity index (χ4n) is 1.50. The molecule has 0 atom stereocenters. The molecule has 4 nitrogen and oxygen atoms in total. The van der Waals surface area contributed by atoms with Gasteiger partial charge in [-0.3, -0.25) is 4.79 Å². The molecule has 0 heterocycles. The number of halogens is 1. The molecule has 0 aliphatic rings. The van der Waals surface area contributed by atoms with Gasteiger partial charge in [-0.1, -0.05) is 0 Å². The van der Waals surface area contributed by atoms with Gasteiger partial charge in [0.15, 0.2) is 0 Å². The summed E-state index contributed by atoms with van der Waals surface area (Å²) in [6, 6.07) is 4.11. The highest BCUT2D eigenvalue weighted by atomic mass is 19.1. The summed E-state index contributed by atoms with van der Waals surface area (Å²) >= 11 is 0. The Morgan fingerprint density at radius 1 is 1.53 bits per heavy atom. The molecule has 1 aromatic carbocycles. The molecule has 1 rings (SSSR count). The molecule has 0 aromatic heterocycles. The van der Waals surface area contributed by atoms with Gasteiger partial charge in [0, 0.05) is 19.3 Å². The lowest BCUT2D eigenvalue weighted by atomic mass is 10.1. The van der Waals surface area contributed by atoms with Gasteiger partial charge in [-0.25, -0.2) is 4.39 Å². The maximum absolute atomic E-state index is 13.5. The number of hydrogen-bond acceptors (Lipinski definition) is 3. The van der Waals surface area contributed by atoms with Gasteiger partial charge >= 0.3 is 0 Å². The van der Waals surface area contributed by atoms with Crippen molar-refractivity contribution in [2.24, 2.45) is 0 Å². The summed E-state index contributed by atoms with van der Waals surface area (Å²) in [7, 11) is 3.51. The van der Waals surface area contributed by atoms with Crippen LogP contribution in [-0.4, -0.2) is 38.0 Å². The number of nitrogens with zero attached hydrogens (tertiary/aromatic N) is 1. The molecule has 0 saturated carbocycles. The minimum absolute atomic E-state index is 0.0613. The maximum Gasteiger partial charge on any atom is 0.256 e. The molecule has 1 amide bonds. The van der Waals surface area contributed by atoms with E-state index in [0.717, 1.165) is 19.0 Å². The van der Waals surface area contributed by atoms with E-state index in [1.807, 2.05) is 7.05 Å². The van der Waals surface area contributed by atoms with E-state index in [1.165, 1.54) is 17.0 Å². The van der Waals surface area contributed by atoms with Crippen LogP contribution in [-0.2, 0) is 0 Å². The highest BCUT2D eigenvalue weighted by molar-refractivity contribution is 5.94. The number of anilines is 1. The normalized spacial score (nSPS) is 10.3. The molecule has 0 radical (unpaired) electrons. The van der Waals surface area contributed by atoms with Crippen molar-refractivity contribution in [1.29, 1.82) is 0 Å². The molecule has 17 heavy (non-hydrogen) atoms. The van der Waals surface area contributed by atoms with E-state index < -0.39 is 5.82 Å². The van der Waals surface area contributed by atoms with Gasteiger partial charge in [-0.15, -0.1) is 0 Å². The summed E-state index contributed by atoms with van der Waals surface area (Å²) in [6.45, 7) is 1.41. The van der Waals surface area contributed by atoms with Crippen LogP contribution in [0.25, 0.3) is 0 Å². The van der Waals surface area contributed by atoms with E-state index in [1.54, 1.807) is 7.05 Å². The zero-order chi connectivity index (χ0) is 12.8. The second-order valence-electron chi connectivity index (χ2n) is 3.92. The third-order valence-corrected chi connectivity index (χ3v) is 2.49. The van der Waals surface area contributed by atoms with Gasteiger partial charge in [0.05, 0.1) is 5.56 Å². The minimum Gasteiger partial charge on any atom is -0.399 e. The summed E-state index contributed by atoms with van der Waals surface area (Å²) in [6.07, 6.45) is 0.829. The molecule has 1 aromatic rings. The Morgan fingerprint density at radius 3 is 2.82 bits per heavy atom. The van der Waals surface area contributed by atoms with Crippen molar-refractivity contribution in [3.8, 4) is 0 Å². The van der Waals surface area contributed by atoms with E-state index in [2.05, 4.69) is 5.32 Å². The predicted molar refractivity (Wildman–Crippen MR) is 66.3 cm³/mol. The van der Waals surface area contributed by atoms with Crippen LogP contribution in [0, 0.1) is 5.82 Å². The average Bonchev–Trinajstić information content (AvgIpc) is 2.28. The number of carbonyl (C=O) groups excluding carboxylic acids is 1. The summed E-state index contributed by atoms with van der Waals surface area (Å²) in [5.41, 5.74) is 5.81. The zero-order valence-electron chi connectivity index (χ0n) is 10.2. The van der Waals surface area contributed by atoms with Gasteiger partial charge in [0.2, 0.25) is 0 Å². The minimum atomic E-state index is -0.574. The molecule has 0 aliphatic heterocycles. The second-order valence-corrected chi connectivity index (χ2v) is 3.92. The van der Waals surface area contributed by atoms with Crippen LogP contribution < -0.4 is 11.1 Å². The number of hydrogen-bond donors (Lipinski definition) is 2. The number of carbonyl (C=O) groups is 1. The van der Waals surface area contributed by atoms with E-state index in [4.69, 9.17) is 5.73 Å². The molecule has 0 unspecified atom stereocenters. The van der Waals surface area contributed by atoms with E-state index in [0.29, 0.717) is 12.2 Å². The lowest BCUT2D eigenvalue weighted by Crippen LogP contribution is -2.30. The maximum atomic E-state index is 13.5. The van der Waals surface area contributed by atoms with Gasteiger partial charge < -0.3 is 16.0 Å². The van der Waals surface area contributed by atoms with Crippen molar-refractivity contribution in [1.82, 2.24) is 10.2 Å². The Kier molecular flexibility index (Phi) is 4.90. The first kappa shape index (κ1) is 13.4. The topological polar surface area (TPSA) is 58.4 Å². The number of nitrogen functional groups attached to an aromatic ring is 1. The Hall–Kier alpha value is -1.62. The van der Waals surface area contributed by atoms with E-state index >= 15 is 0 Å². The standard InChI is InChI=1S/C12H18FN3O/c1-15-6-3-7-16(2)12(17)10-5-4-9(14)8-11(10)13/h4-5,8,15H,3,6-7,14H2,1-2H3. The molecule has 5 heteroatoms. The van der Waals surface area contributed by atoms with Gasteiger partial charge in [-0.05, 0) is 38.2 Å². The van der Waals surface area contributed by atoms with Crippen molar-refractivity contribution in [3.63, 3.8) is 0 Å². The Labute approximate surface area is 101 Å². The van der Waals surface area contributed by atoms with Crippen molar-refractivity contribution in [3.05, 3.63) is 29.6 Å². The van der Waals surface area contributed by atoms with Crippen molar-refractivity contribution in [2.75, 3.05) is 32.9 Å². The number of rotatable bonds is 5. The average molecular weight is 239 g/mol. The first-order valence-electron chi connectivity index (χ1n) is 5.51. The molecule has 0 fully saturated rings. The van der Waals surface area contributed by atoms with Gasteiger partial charge in [0.25, 0.3) is 5.91 Å². The Morgan fingerprint density at radius 2 is 2.24 bits per heavy atom. The first-order valence-corrected chi connectivity index (χ1v) is 5.51. The fourth-order valence-corrected chi connectivity index (χ4v) is 1.50. The fraction of sp³-hybridized carbons (Fsp3) is 0.417. The second kappa shape index (κ2) is 6.20. The molecule has 3 N–H and O–H groups in total. The van der Waals surface area contributed by atoms with E-state index in [9.17, 15) is 9.18 Å². The highest BCUT2D eigenvalue weighted by Crippen LogP contribution is 2.13. The molecular formula is C12H18FN3O. The Bertz CT molecular complexity index is 395. The van der Waals surface area contributed by atoms with E-state index in [-0.39, 0.29) is 11.5 Å². The number of nitrogens with two attached hydrogens (primary N) is 1. The van der Waals surface area contributed by atoms with Gasteiger partial charge in [-0.2, -0.15) is 0 Å². The SMILES string of the molecule is CNCCCN(C)C(=O)c1ccc(N)cc1F. The smallest absolute Gasteiger partial charge is 0.256 e. The lowest BCUT2D eigenvalue weighted by Gasteiger charge is -2.17. The third-order valence-electron chi connectivity index (χ3n) is 2.49. The zero-order valence-corrected chi connectivity index (χ0v) is 10.2. The van der Waals surface area contributed by atoms with Crippen LogP contribution in [0.5, 0.6) is 0 Å². The monoisotopic (exact) mass is 239 g/mol. The highest BCUT2D eigenvalue weighted by Gasteiger charge is 2.15. The van der Waals surface area contributed by atoms with Crippen molar-refractivity contribution >= 4 is 11.6 Å². The third kappa shape index (κ3) is 3.71. The summed E-state index contributed by atoms with van der Waals surface area (Å²) in [4.78, 5) is 13.4. The first-order chi connectivity index (χ1) is 8.06.